The van der Waals surface area contributed by atoms with Crippen LogP contribution in [0.5, 0.6) is 0 Å². The van der Waals surface area contributed by atoms with Gasteiger partial charge in [0, 0.05) is 7.05 Å². The number of rotatable bonds is 4. The number of carbonyl (C=O) groups is 2. The third-order valence-electron chi connectivity index (χ3n) is 4.11. The molecule has 0 bridgehead atoms. The summed E-state index contributed by atoms with van der Waals surface area (Å²) in [6.07, 6.45) is 3.07. The summed E-state index contributed by atoms with van der Waals surface area (Å²) in [4.78, 5) is 24.1. The van der Waals surface area contributed by atoms with Crippen molar-refractivity contribution in [1.29, 1.82) is 0 Å². The molecule has 0 radical (unpaired) electrons. The van der Waals surface area contributed by atoms with Gasteiger partial charge in [0.2, 0.25) is 0 Å². The van der Waals surface area contributed by atoms with Crippen LogP contribution in [0.15, 0.2) is 0 Å². The van der Waals surface area contributed by atoms with Crippen LogP contribution in [-0.4, -0.2) is 27.8 Å². The number of nitrogens with one attached hydrogen (secondary N) is 1. The van der Waals surface area contributed by atoms with Crippen molar-refractivity contribution in [3.05, 3.63) is 11.4 Å². The van der Waals surface area contributed by atoms with E-state index in [4.69, 9.17) is 4.74 Å². The van der Waals surface area contributed by atoms with Gasteiger partial charge in [0.25, 0.3) is 5.91 Å². The summed E-state index contributed by atoms with van der Waals surface area (Å²) >= 11 is 0. The van der Waals surface area contributed by atoms with Crippen LogP contribution in [0.1, 0.15) is 44.0 Å². The molecule has 6 nitrogen and oxygen atoms in total. The molecule has 1 amide bonds. The van der Waals surface area contributed by atoms with Crippen LogP contribution in [0.4, 0.5) is 5.69 Å². The van der Waals surface area contributed by atoms with Gasteiger partial charge in [-0.3, -0.25) is 14.3 Å². The van der Waals surface area contributed by atoms with E-state index in [-0.39, 0.29) is 17.8 Å². The maximum Gasteiger partial charge on any atom is 0.309 e. The van der Waals surface area contributed by atoms with Crippen LogP contribution >= 0.6 is 0 Å². The first kappa shape index (κ1) is 15.5. The summed E-state index contributed by atoms with van der Waals surface area (Å²) in [7, 11) is 1.82. The molecule has 21 heavy (non-hydrogen) atoms. The van der Waals surface area contributed by atoms with Crippen LogP contribution in [0, 0.1) is 19.8 Å². The number of ether oxygens (including phenoxy) is 1. The Bertz CT molecular complexity index is 545. The van der Waals surface area contributed by atoms with E-state index >= 15 is 0 Å². The number of carbonyl (C=O) groups excluding carboxylic acids is 2. The molecule has 1 fully saturated rings. The Morgan fingerprint density at radius 1 is 1.33 bits per heavy atom. The topological polar surface area (TPSA) is 73.2 Å². The highest BCUT2D eigenvalue weighted by Crippen LogP contribution is 2.26. The maximum absolute atomic E-state index is 12.2. The predicted molar refractivity (Wildman–Crippen MR) is 78.8 cm³/mol. The van der Waals surface area contributed by atoms with E-state index in [2.05, 4.69) is 10.4 Å². The van der Waals surface area contributed by atoms with Gasteiger partial charge in [0.05, 0.1) is 23.0 Å². The van der Waals surface area contributed by atoms with Crippen molar-refractivity contribution in [3.8, 4) is 0 Å². The summed E-state index contributed by atoms with van der Waals surface area (Å²) in [5.41, 5.74) is 2.30. The Morgan fingerprint density at radius 3 is 2.48 bits per heavy atom. The number of amides is 1. The molecule has 0 aliphatic heterocycles. The van der Waals surface area contributed by atoms with Gasteiger partial charge < -0.3 is 10.1 Å². The Kier molecular flexibility index (Phi) is 4.65. The molecule has 1 aromatic heterocycles. The van der Waals surface area contributed by atoms with Gasteiger partial charge in [-0.15, -0.1) is 0 Å². The minimum atomic E-state index is -0.794. The monoisotopic (exact) mass is 293 g/mol. The van der Waals surface area contributed by atoms with Gasteiger partial charge >= 0.3 is 5.97 Å². The Balaban J connectivity index is 1.94. The minimum Gasteiger partial charge on any atom is -0.452 e. The quantitative estimate of drug-likeness (QED) is 0.863. The van der Waals surface area contributed by atoms with Crippen LogP contribution in [0.25, 0.3) is 0 Å². The van der Waals surface area contributed by atoms with Crippen molar-refractivity contribution < 1.29 is 14.3 Å². The summed E-state index contributed by atoms with van der Waals surface area (Å²) in [5.74, 6) is -0.613. The van der Waals surface area contributed by atoms with E-state index < -0.39 is 6.10 Å². The number of hydrogen-bond acceptors (Lipinski definition) is 4. The van der Waals surface area contributed by atoms with Crippen molar-refractivity contribution in [2.75, 3.05) is 5.32 Å². The van der Waals surface area contributed by atoms with Crippen molar-refractivity contribution in [2.24, 2.45) is 13.0 Å². The fourth-order valence-electron chi connectivity index (χ4n) is 2.66. The number of aryl methyl sites for hydroxylation is 2. The molecule has 1 N–H and O–H groups in total. The van der Waals surface area contributed by atoms with Gasteiger partial charge in [-0.2, -0.15) is 5.10 Å². The lowest BCUT2D eigenvalue weighted by atomic mass is 10.1. The highest BCUT2D eigenvalue weighted by molar-refractivity contribution is 5.96. The largest absolute Gasteiger partial charge is 0.452 e. The summed E-state index contributed by atoms with van der Waals surface area (Å²) in [5, 5.41) is 7.04. The summed E-state index contributed by atoms with van der Waals surface area (Å²) in [6.45, 7) is 5.31. The van der Waals surface area contributed by atoms with E-state index in [1.165, 1.54) is 0 Å². The first-order valence-electron chi connectivity index (χ1n) is 7.41. The molecule has 1 aliphatic carbocycles. The fraction of sp³-hybridized carbons (Fsp3) is 0.667. The van der Waals surface area contributed by atoms with Crippen LogP contribution in [0.2, 0.25) is 0 Å². The average Bonchev–Trinajstić information content (AvgIpc) is 3.03. The Labute approximate surface area is 124 Å². The molecule has 0 aromatic carbocycles. The Morgan fingerprint density at radius 2 is 1.95 bits per heavy atom. The normalized spacial score (nSPS) is 16.8. The molecule has 0 spiro atoms. The molecule has 1 heterocycles. The lowest BCUT2D eigenvalue weighted by Crippen LogP contribution is -2.32. The standard InChI is InChI=1S/C15H23N3O3/c1-9-13(10(2)18(4)17-9)16-14(19)11(3)21-15(20)12-7-5-6-8-12/h11-12H,5-8H2,1-4H3,(H,16,19)/t11-/m0/s1. The first-order valence-corrected chi connectivity index (χ1v) is 7.41. The van der Waals surface area contributed by atoms with Gasteiger partial charge in [0.15, 0.2) is 6.10 Å². The molecule has 0 unspecified atom stereocenters. The van der Waals surface area contributed by atoms with Gasteiger partial charge in [-0.1, -0.05) is 12.8 Å². The second-order valence-corrected chi connectivity index (χ2v) is 5.72. The minimum absolute atomic E-state index is 0.0397. The van der Waals surface area contributed by atoms with E-state index in [0.717, 1.165) is 37.1 Å². The third-order valence-corrected chi connectivity index (χ3v) is 4.11. The van der Waals surface area contributed by atoms with Gasteiger partial charge in [0.1, 0.15) is 0 Å². The van der Waals surface area contributed by atoms with Crippen molar-refractivity contribution in [2.45, 2.75) is 52.6 Å². The number of aromatic nitrogens is 2. The zero-order valence-corrected chi connectivity index (χ0v) is 13.1. The summed E-state index contributed by atoms with van der Waals surface area (Å²) < 4.78 is 6.99. The molecule has 0 saturated heterocycles. The van der Waals surface area contributed by atoms with E-state index in [1.807, 2.05) is 20.9 Å². The number of nitrogens with zero attached hydrogens (tertiary/aromatic N) is 2. The molecule has 1 saturated carbocycles. The maximum atomic E-state index is 12.2. The van der Waals surface area contributed by atoms with E-state index in [1.54, 1.807) is 11.6 Å². The average molecular weight is 293 g/mol. The van der Waals surface area contributed by atoms with E-state index in [0.29, 0.717) is 5.69 Å². The zero-order valence-electron chi connectivity index (χ0n) is 13.1. The van der Waals surface area contributed by atoms with Gasteiger partial charge in [-0.25, -0.2) is 0 Å². The molecule has 116 valence electrons. The van der Waals surface area contributed by atoms with E-state index in [9.17, 15) is 9.59 Å². The number of esters is 1. The van der Waals surface area contributed by atoms with Gasteiger partial charge in [-0.05, 0) is 33.6 Å². The third kappa shape index (κ3) is 3.43. The number of anilines is 1. The second-order valence-electron chi connectivity index (χ2n) is 5.72. The summed E-state index contributed by atoms with van der Waals surface area (Å²) in [6, 6.07) is 0. The van der Waals surface area contributed by atoms with Crippen molar-refractivity contribution in [1.82, 2.24) is 9.78 Å². The molecular weight excluding hydrogens is 270 g/mol. The molecule has 1 aliphatic rings. The SMILES string of the molecule is Cc1nn(C)c(C)c1NC(=O)[C@H](C)OC(=O)C1CCCC1. The second kappa shape index (κ2) is 6.28. The number of hydrogen-bond donors (Lipinski definition) is 1. The van der Waals surface area contributed by atoms with Crippen molar-refractivity contribution in [3.63, 3.8) is 0 Å². The first-order chi connectivity index (χ1) is 9.90. The Hall–Kier alpha value is -1.85. The molecule has 6 heteroatoms. The predicted octanol–water partition coefficient (Wildman–Crippen LogP) is 2.10. The zero-order chi connectivity index (χ0) is 15.6. The highest BCUT2D eigenvalue weighted by Gasteiger charge is 2.28. The lowest BCUT2D eigenvalue weighted by Gasteiger charge is -2.16. The van der Waals surface area contributed by atoms with Crippen LogP contribution in [0.3, 0.4) is 0 Å². The lowest BCUT2D eigenvalue weighted by molar-refractivity contribution is -0.157. The molecule has 1 aromatic rings. The smallest absolute Gasteiger partial charge is 0.309 e. The van der Waals surface area contributed by atoms with Crippen LogP contribution < -0.4 is 5.32 Å². The highest BCUT2D eigenvalue weighted by atomic mass is 16.5. The fourth-order valence-corrected chi connectivity index (χ4v) is 2.66. The van der Waals surface area contributed by atoms with Crippen LogP contribution in [-0.2, 0) is 21.4 Å². The molecule has 2 rings (SSSR count). The molecule has 1 atom stereocenters. The van der Waals surface area contributed by atoms with Crippen molar-refractivity contribution >= 4 is 17.6 Å². The molecular formula is C15H23N3O3.